The Morgan fingerprint density at radius 1 is 1.00 bits per heavy atom. The van der Waals surface area contributed by atoms with E-state index < -0.39 is 6.36 Å². The molecule has 0 N–H and O–H groups in total. The minimum Gasteiger partial charge on any atom is -0.406 e. The van der Waals surface area contributed by atoms with Gasteiger partial charge in [-0.1, -0.05) is 28.1 Å². The zero-order chi connectivity index (χ0) is 16.6. The molecule has 0 atom stereocenters. The summed E-state index contributed by atoms with van der Waals surface area (Å²) in [4.78, 5) is 8.67. The summed E-state index contributed by atoms with van der Waals surface area (Å²) in [5.41, 5.74) is 3.90. The number of benzene rings is 2. The number of rotatable bonds is 2. The topological polar surface area (TPSA) is 35.0 Å². The Balaban J connectivity index is 2.09. The smallest absolute Gasteiger partial charge is 0.406 e. The lowest BCUT2D eigenvalue weighted by Gasteiger charge is -2.11. The van der Waals surface area contributed by atoms with Crippen molar-refractivity contribution in [3.8, 4) is 16.9 Å². The van der Waals surface area contributed by atoms with Gasteiger partial charge in [-0.05, 0) is 36.2 Å². The highest BCUT2D eigenvalue weighted by Crippen LogP contribution is 2.34. The third-order valence-electron chi connectivity index (χ3n) is 3.34. The number of aromatic nitrogens is 2. The average Bonchev–Trinajstić information content (AvgIpc) is 2.50. The molecule has 0 amide bonds. The molecule has 0 bridgehead atoms. The first kappa shape index (κ1) is 15.7. The molecule has 1 heterocycles. The van der Waals surface area contributed by atoms with Crippen molar-refractivity contribution in [3.05, 3.63) is 52.8 Å². The van der Waals surface area contributed by atoms with Gasteiger partial charge >= 0.3 is 6.36 Å². The maximum absolute atomic E-state index is 12.2. The number of ether oxygens (including phenoxy) is 1. The lowest BCUT2D eigenvalue weighted by atomic mass is 10.0. The van der Waals surface area contributed by atoms with Crippen molar-refractivity contribution in [2.45, 2.75) is 13.3 Å². The molecule has 3 nitrogen and oxygen atoms in total. The molecule has 1 aromatic heterocycles. The lowest BCUT2D eigenvalue weighted by Crippen LogP contribution is -2.16. The second-order valence-electron chi connectivity index (χ2n) is 4.86. The molecule has 0 aliphatic heterocycles. The van der Waals surface area contributed by atoms with Gasteiger partial charge in [0.25, 0.3) is 0 Å². The molecule has 0 unspecified atom stereocenters. The molecule has 118 valence electrons. The summed E-state index contributed by atoms with van der Waals surface area (Å²) in [5.74, 6) is -0.261. The quantitative estimate of drug-likeness (QED) is 0.605. The summed E-state index contributed by atoms with van der Waals surface area (Å²) in [6.45, 7) is 1.92. The van der Waals surface area contributed by atoms with E-state index in [9.17, 15) is 13.2 Å². The van der Waals surface area contributed by atoms with Crippen LogP contribution in [0.3, 0.4) is 0 Å². The van der Waals surface area contributed by atoms with Crippen LogP contribution in [-0.2, 0) is 0 Å². The van der Waals surface area contributed by atoms with Crippen LogP contribution < -0.4 is 4.74 Å². The largest absolute Gasteiger partial charge is 0.573 e. The van der Waals surface area contributed by atoms with Gasteiger partial charge in [0.2, 0.25) is 0 Å². The van der Waals surface area contributed by atoms with Crippen molar-refractivity contribution < 1.29 is 17.9 Å². The number of hydrogen-bond donors (Lipinski definition) is 0. The number of halogens is 4. The zero-order valence-electron chi connectivity index (χ0n) is 11.9. The number of fused-ring (bicyclic) bond motifs is 1. The fourth-order valence-electron chi connectivity index (χ4n) is 2.28. The predicted molar refractivity (Wildman–Crippen MR) is 84.1 cm³/mol. The van der Waals surface area contributed by atoms with Gasteiger partial charge in [-0.15, -0.1) is 13.2 Å². The third-order valence-corrected chi connectivity index (χ3v) is 4.16. The molecule has 0 fully saturated rings. The first-order valence-corrected chi connectivity index (χ1v) is 7.40. The number of nitrogens with zero attached hydrogens (tertiary/aromatic N) is 2. The van der Waals surface area contributed by atoms with E-state index in [0.717, 1.165) is 26.7 Å². The van der Waals surface area contributed by atoms with Gasteiger partial charge in [0.1, 0.15) is 5.75 Å². The molecule has 2 aromatic carbocycles. The Labute approximate surface area is 138 Å². The summed E-state index contributed by atoms with van der Waals surface area (Å²) in [5, 5.41) is 0. The first-order chi connectivity index (χ1) is 10.8. The van der Waals surface area contributed by atoms with Gasteiger partial charge in [-0.2, -0.15) is 0 Å². The second-order valence-corrected chi connectivity index (χ2v) is 5.71. The normalized spacial score (nSPS) is 11.7. The van der Waals surface area contributed by atoms with E-state index in [-0.39, 0.29) is 5.75 Å². The van der Waals surface area contributed by atoms with Crippen LogP contribution in [0.4, 0.5) is 13.2 Å². The monoisotopic (exact) mass is 382 g/mol. The Hall–Kier alpha value is -2.15. The summed E-state index contributed by atoms with van der Waals surface area (Å²) in [7, 11) is 0. The standard InChI is InChI=1S/C16H10BrF3N2O/c1-9-13(17)8-12(15-14(9)21-6-7-22-15)10-2-4-11(5-3-10)23-16(18,19)20/h2-8H,1H3. The van der Waals surface area contributed by atoms with Gasteiger partial charge in [0.05, 0.1) is 11.0 Å². The highest BCUT2D eigenvalue weighted by Gasteiger charge is 2.31. The summed E-state index contributed by atoms with van der Waals surface area (Å²) in [6.07, 6.45) is -1.52. The fourth-order valence-corrected chi connectivity index (χ4v) is 2.70. The van der Waals surface area contributed by atoms with E-state index in [4.69, 9.17) is 0 Å². The molecule has 23 heavy (non-hydrogen) atoms. The van der Waals surface area contributed by atoms with Crippen molar-refractivity contribution >= 4 is 27.0 Å². The molecule has 3 rings (SSSR count). The molecule has 0 spiro atoms. The van der Waals surface area contributed by atoms with E-state index in [1.165, 1.54) is 12.1 Å². The van der Waals surface area contributed by atoms with Crippen LogP contribution in [0.1, 0.15) is 5.56 Å². The third kappa shape index (κ3) is 3.29. The van der Waals surface area contributed by atoms with Crippen LogP contribution in [0, 0.1) is 6.92 Å². The van der Waals surface area contributed by atoms with Crippen LogP contribution in [-0.4, -0.2) is 16.3 Å². The Kier molecular flexibility index (Phi) is 3.97. The van der Waals surface area contributed by atoms with Crippen molar-refractivity contribution in [2.24, 2.45) is 0 Å². The molecule has 7 heteroatoms. The molecular weight excluding hydrogens is 373 g/mol. The van der Waals surface area contributed by atoms with Gasteiger partial charge < -0.3 is 4.74 Å². The fraction of sp³-hybridized carbons (Fsp3) is 0.125. The van der Waals surface area contributed by atoms with Gasteiger partial charge in [0.15, 0.2) is 0 Å². The summed E-state index contributed by atoms with van der Waals surface area (Å²) < 4.78 is 41.4. The van der Waals surface area contributed by atoms with Gasteiger partial charge in [-0.3, -0.25) is 9.97 Å². The Morgan fingerprint density at radius 3 is 2.22 bits per heavy atom. The molecule has 0 radical (unpaired) electrons. The Morgan fingerprint density at radius 2 is 1.61 bits per heavy atom. The molecule has 0 saturated carbocycles. The second kappa shape index (κ2) is 5.81. The van der Waals surface area contributed by atoms with Crippen LogP contribution >= 0.6 is 15.9 Å². The maximum atomic E-state index is 12.2. The summed E-state index contributed by atoms with van der Waals surface area (Å²) in [6, 6.07) is 7.56. The van der Waals surface area contributed by atoms with Gasteiger partial charge in [-0.25, -0.2) is 0 Å². The van der Waals surface area contributed by atoms with Crippen molar-refractivity contribution in [3.63, 3.8) is 0 Å². The highest BCUT2D eigenvalue weighted by atomic mass is 79.9. The van der Waals surface area contributed by atoms with E-state index in [1.54, 1.807) is 24.5 Å². The highest BCUT2D eigenvalue weighted by molar-refractivity contribution is 9.10. The summed E-state index contributed by atoms with van der Waals surface area (Å²) >= 11 is 3.48. The minimum absolute atomic E-state index is 0.261. The van der Waals surface area contributed by atoms with Crippen molar-refractivity contribution in [2.75, 3.05) is 0 Å². The number of aryl methyl sites for hydroxylation is 1. The van der Waals surface area contributed by atoms with Crippen LogP contribution in [0.2, 0.25) is 0 Å². The average molecular weight is 383 g/mol. The lowest BCUT2D eigenvalue weighted by molar-refractivity contribution is -0.274. The van der Waals surface area contributed by atoms with Gasteiger partial charge in [0, 0.05) is 22.4 Å². The van der Waals surface area contributed by atoms with E-state index in [1.807, 2.05) is 13.0 Å². The van der Waals surface area contributed by atoms with Crippen molar-refractivity contribution in [1.29, 1.82) is 0 Å². The van der Waals surface area contributed by atoms with E-state index >= 15 is 0 Å². The molecular formula is C16H10BrF3N2O. The van der Waals surface area contributed by atoms with Crippen LogP contribution in [0.25, 0.3) is 22.2 Å². The SMILES string of the molecule is Cc1c(Br)cc(-c2ccc(OC(F)(F)F)cc2)c2nccnc12. The number of hydrogen-bond acceptors (Lipinski definition) is 3. The number of alkyl halides is 3. The molecule has 0 aliphatic carbocycles. The van der Waals surface area contributed by atoms with E-state index in [2.05, 4.69) is 30.6 Å². The maximum Gasteiger partial charge on any atom is 0.573 e. The molecule has 0 saturated heterocycles. The minimum atomic E-state index is -4.70. The molecule has 3 aromatic rings. The van der Waals surface area contributed by atoms with Crippen LogP contribution in [0.15, 0.2) is 47.2 Å². The Bertz CT molecular complexity index is 864. The molecule has 0 aliphatic rings. The van der Waals surface area contributed by atoms with Crippen LogP contribution in [0.5, 0.6) is 5.75 Å². The predicted octanol–water partition coefficient (Wildman–Crippen LogP) is 5.27. The van der Waals surface area contributed by atoms with Crippen molar-refractivity contribution in [1.82, 2.24) is 9.97 Å². The zero-order valence-corrected chi connectivity index (χ0v) is 13.4. The van der Waals surface area contributed by atoms with E-state index in [0.29, 0.717) is 5.52 Å². The first-order valence-electron chi connectivity index (χ1n) is 6.61.